The van der Waals surface area contributed by atoms with Gasteiger partial charge in [-0.05, 0) is 90.0 Å². The second-order valence-corrected chi connectivity index (χ2v) is 16.5. The van der Waals surface area contributed by atoms with Gasteiger partial charge in [-0.15, -0.1) is 0 Å². The maximum Gasteiger partial charge on any atom is 0.326 e. The minimum atomic E-state index is -1.00. The summed E-state index contributed by atoms with van der Waals surface area (Å²) in [6, 6.07) is -0.854. The van der Waals surface area contributed by atoms with E-state index in [-0.39, 0.29) is 18.0 Å². The zero-order valence-corrected chi connectivity index (χ0v) is 37.0. The number of nitrogens with one attached hydrogen (secondary N) is 1. The van der Waals surface area contributed by atoms with Crippen LogP contribution in [-0.2, 0) is 19.1 Å². The highest BCUT2D eigenvalue weighted by molar-refractivity contribution is 5.83. The fraction of sp³-hybridized carbons (Fsp3) is 0.857. The predicted octanol–water partition coefficient (Wildman–Crippen LogP) is 14.0. The highest BCUT2D eigenvalue weighted by atomic mass is 16.5. The van der Waals surface area contributed by atoms with Crippen LogP contribution in [0.15, 0.2) is 24.3 Å². The molecule has 56 heavy (non-hydrogen) atoms. The van der Waals surface area contributed by atoms with E-state index in [0.717, 1.165) is 70.6 Å². The molecule has 7 nitrogen and oxygen atoms in total. The molecular weight excluding hydrogens is 697 g/mol. The van der Waals surface area contributed by atoms with Gasteiger partial charge in [0.15, 0.2) is 0 Å². The second-order valence-electron chi connectivity index (χ2n) is 16.5. The van der Waals surface area contributed by atoms with Gasteiger partial charge in [0.2, 0.25) is 5.91 Å². The Kier molecular flexibility index (Phi) is 42.3. The summed E-state index contributed by atoms with van der Waals surface area (Å²) in [6.45, 7) is 4.93. The van der Waals surface area contributed by atoms with E-state index in [4.69, 9.17) is 10.5 Å². The first-order valence-corrected chi connectivity index (χ1v) is 24.2. The Morgan fingerprint density at radius 3 is 1.38 bits per heavy atom. The van der Waals surface area contributed by atoms with Crippen LogP contribution in [0, 0.1) is 0 Å². The molecule has 0 heterocycles. The number of carboxylic acid groups (broad SMARTS) is 1. The molecule has 0 rings (SSSR count). The van der Waals surface area contributed by atoms with Gasteiger partial charge in [-0.25, -0.2) is 4.79 Å². The van der Waals surface area contributed by atoms with Gasteiger partial charge in [-0.1, -0.05) is 179 Å². The summed E-state index contributed by atoms with van der Waals surface area (Å²) < 4.78 is 6.03. The van der Waals surface area contributed by atoms with E-state index in [9.17, 15) is 19.5 Å². The maximum absolute atomic E-state index is 12.8. The Balaban J connectivity index is 4.02. The number of amides is 1. The summed E-state index contributed by atoms with van der Waals surface area (Å²) in [7, 11) is 0. The summed E-state index contributed by atoms with van der Waals surface area (Å²) in [5.41, 5.74) is 5.48. The van der Waals surface area contributed by atoms with E-state index in [0.29, 0.717) is 32.2 Å². The lowest BCUT2D eigenvalue weighted by atomic mass is 10.0. The Bertz CT molecular complexity index is 935. The molecule has 328 valence electrons. The average Bonchev–Trinajstić information content (AvgIpc) is 3.18. The number of ether oxygens (including phenoxy) is 1. The van der Waals surface area contributed by atoms with Gasteiger partial charge in [0.1, 0.15) is 12.1 Å². The van der Waals surface area contributed by atoms with Crippen LogP contribution in [0.4, 0.5) is 0 Å². The van der Waals surface area contributed by atoms with Crippen molar-refractivity contribution < 1.29 is 24.2 Å². The summed E-state index contributed by atoms with van der Waals surface area (Å²) >= 11 is 0. The van der Waals surface area contributed by atoms with Crippen LogP contribution < -0.4 is 11.1 Å². The maximum atomic E-state index is 12.8. The number of hydrogen-bond acceptors (Lipinski definition) is 5. The Labute approximate surface area is 346 Å². The van der Waals surface area contributed by atoms with Crippen molar-refractivity contribution in [3.63, 3.8) is 0 Å². The number of nitrogens with two attached hydrogens (primary N) is 1. The van der Waals surface area contributed by atoms with E-state index in [1.165, 1.54) is 141 Å². The Hall–Kier alpha value is -2.15. The lowest BCUT2D eigenvalue weighted by Gasteiger charge is -2.18. The summed E-state index contributed by atoms with van der Waals surface area (Å²) in [4.78, 5) is 36.3. The number of carboxylic acids is 1. The summed E-state index contributed by atoms with van der Waals surface area (Å²) in [5.74, 6) is -1.22. The van der Waals surface area contributed by atoms with Gasteiger partial charge in [0.25, 0.3) is 0 Å². The zero-order valence-electron chi connectivity index (χ0n) is 37.0. The summed E-state index contributed by atoms with van der Waals surface area (Å²) in [6.07, 6.45) is 51.0. The monoisotopic (exact) mass is 789 g/mol. The van der Waals surface area contributed by atoms with E-state index < -0.39 is 12.0 Å². The molecule has 1 amide bonds. The number of allylic oxidation sites excluding steroid dienone is 4. The normalized spacial score (nSPS) is 12.8. The highest BCUT2D eigenvalue weighted by Gasteiger charge is 2.19. The van der Waals surface area contributed by atoms with Crippen LogP contribution in [0.25, 0.3) is 0 Å². The highest BCUT2D eigenvalue weighted by Crippen LogP contribution is 2.19. The molecule has 0 saturated heterocycles. The van der Waals surface area contributed by atoms with Gasteiger partial charge >= 0.3 is 11.9 Å². The van der Waals surface area contributed by atoms with Crippen molar-refractivity contribution in [1.82, 2.24) is 5.32 Å². The van der Waals surface area contributed by atoms with Gasteiger partial charge < -0.3 is 20.9 Å². The lowest BCUT2D eigenvalue weighted by Crippen LogP contribution is -2.40. The van der Waals surface area contributed by atoms with Gasteiger partial charge in [-0.2, -0.15) is 0 Å². The van der Waals surface area contributed by atoms with Crippen molar-refractivity contribution in [2.75, 3.05) is 6.54 Å². The van der Waals surface area contributed by atoms with Crippen molar-refractivity contribution in [2.24, 2.45) is 5.73 Å². The first kappa shape index (κ1) is 53.9. The predicted molar refractivity (Wildman–Crippen MR) is 239 cm³/mol. The average molecular weight is 789 g/mol. The van der Waals surface area contributed by atoms with Crippen molar-refractivity contribution in [3.05, 3.63) is 24.3 Å². The molecule has 0 bridgehead atoms. The smallest absolute Gasteiger partial charge is 0.326 e. The molecule has 0 saturated carbocycles. The summed E-state index contributed by atoms with van der Waals surface area (Å²) in [5, 5.41) is 11.9. The van der Waals surface area contributed by atoms with Crippen molar-refractivity contribution in [3.8, 4) is 0 Å². The van der Waals surface area contributed by atoms with Crippen molar-refractivity contribution >= 4 is 17.8 Å². The number of aliphatic carboxylic acids is 1. The van der Waals surface area contributed by atoms with Crippen molar-refractivity contribution in [1.29, 1.82) is 0 Å². The third-order valence-electron chi connectivity index (χ3n) is 11.0. The molecule has 0 aromatic heterocycles. The zero-order chi connectivity index (χ0) is 41.0. The molecule has 0 aliphatic rings. The Morgan fingerprint density at radius 2 is 0.929 bits per heavy atom. The molecule has 2 atom stereocenters. The van der Waals surface area contributed by atoms with Crippen LogP contribution in [0.1, 0.15) is 251 Å². The van der Waals surface area contributed by atoms with Crippen LogP contribution in [0.3, 0.4) is 0 Å². The third-order valence-corrected chi connectivity index (χ3v) is 11.0. The minimum Gasteiger partial charge on any atom is -0.480 e. The van der Waals surface area contributed by atoms with E-state index in [2.05, 4.69) is 43.5 Å². The molecule has 7 heteroatoms. The van der Waals surface area contributed by atoms with E-state index in [1.54, 1.807) is 0 Å². The number of unbranched alkanes of at least 4 members (excludes halogenated alkanes) is 26. The molecule has 0 radical (unpaired) electrons. The molecule has 0 aliphatic heterocycles. The molecule has 0 aromatic carbocycles. The quantitative estimate of drug-likeness (QED) is 0.0321. The molecule has 0 fully saturated rings. The Morgan fingerprint density at radius 1 is 0.518 bits per heavy atom. The van der Waals surface area contributed by atoms with Gasteiger partial charge in [0.05, 0.1) is 0 Å². The topological polar surface area (TPSA) is 119 Å². The third kappa shape index (κ3) is 40.1. The van der Waals surface area contributed by atoms with Crippen LogP contribution in [0.5, 0.6) is 0 Å². The first-order valence-electron chi connectivity index (χ1n) is 24.2. The molecule has 0 aromatic rings. The van der Waals surface area contributed by atoms with Crippen LogP contribution in [0.2, 0.25) is 0 Å². The number of carbonyl (C=O) groups excluding carboxylic acids is 2. The molecular formula is C49H92N2O5. The van der Waals surface area contributed by atoms with Gasteiger partial charge in [-0.3, -0.25) is 9.59 Å². The number of rotatable bonds is 44. The molecule has 0 spiro atoms. The van der Waals surface area contributed by atoms with Crippen LogP contribution >= 0.6 is 0 Å². The molecule has 4 N–H and O–H groups in total. The second kappa shape index (κ2) is 44.0. The number of esters is 1. The fourth-order valence-electron chi connectivity index (χ4n) is 7.36. The van der Waals surface area contributed by atoms with E-state index in [1.807, 2.05) is 0 Å². The lowest BCUT2D eigenvalue weighted by molar-refractivity contribution is -0.150. The van der Waals surface area contributed by atoms with Crippen LogP contribution in [-0.4, -0.2) is 41.6 Å². The standard InChI is InChI=1S/C49H92N2O5/c1-3-5-7-9-11-12-13-14-15-16-17-18-19-20-21-22-23-24-25-26-28-33-37-43-48(53)56-45(39-34-30-27-10-8-6-4-2)40-35-31-29-32-36-42-47(52)51-46(49(54)55)41-38-44-50/h13-14,16-17,45-46H,3-12,15,18-44,50H2,1-2H3,(H,51,52)(H,54,55)/b14-13-,17-16-. The minimum absolute atomic E-state index is 0.0174. The first-order chi connectivity index (χ1) is 27.4. The SMILES string of the molecule is CCCCCCC/C=C\C/C=C\CCCCCCCCCCCCCC(=O)OC(CCCCCCCCC)CCCCCCCC(=O)NC(CCCN)C(=O)O. The molecule has 0 aliphatic carbocycles. The number of hydrogen-bond donors (Lipinski definition) is 3. The molecule has 2 unspecified atom stereocenters. The number of carbonyl (C=O) groups is 3. The fourth-order valence-corrected chi connectivity index (χ4v) is 7.36. The largest absolute Gasteiger partial charge is 0.480 e. The van der Waals surface area contributed by atoms with Gasteiger partial charge in [0, 0.05) is 12.8 Å². The van der Waals surface area contributed by atoms with Crippen molar-refractivity contribution in [2.45, 2.75) is 264 Å². The van der Waals surface area contributed by atoms with E-state index >= 15 is 0 Å².